The van der Waals surface area contributed by atoms with E-state index in [4.69, 9.17) is 11.6 Å². The average Bonchev–Trinajstić information content (AvgIpc) is 2.86. The third kappa shape index (κ3) is 8.57. The summed E-state index contributed by atoms with van der Waals surface area (Å²) in [6, 6.07) is 21.2. The molecule has 0 aliphatic heterocycles. The molecular formula is C31H38ClN3O4S. The van der Waals surface area contributed by atoms with Crippen LogP contribution in [-0.2, 0) is 32.6 Å². The predicted molar refractivity (Wildman–Crippen MR) is 162 cm³/mol. The lowest BCUT2D eigenvalue weighted by molar-refractivity contribution is -0.140. The Bertz CT molecular complexity index is 1440. The monoisotopic (exact) mass is 583 g/mol. The molecule has 0 saturated carbocycles. The molecule has 1 unspecified atom stereocenters. The van der Waals surface area contributed by atoms with Gasteiger partial charge in [-0.15, -0.1) is 0 Å². The molecule has 2 amide bonds. The van der Waals surface area contributed by atoms with Crippen LogP contribution in [0.4, 0.5) is 5.69 Å². The highest BCUT2D eigenvalue weighted by Gasteiger charge is 2.34. The number of nitrogens with zero attached hydrogens (tertiary/aromatic N) is 2. The van der Waals surface area contributed by atoms with Crippen molar-refractivity contribution < 1.29 is 18.0 Å². The summed E-state index contributed by atoms with van der Waals surface area (Å²) >= 11 is 6.30. The maximum atomic E-state index is 14.1. The van der Waals surface area contributed by atoms with Gasteiger partial charge in [-0.05, 0) is 63.4 Å². The standard InChI is InChI=1S/C31H38ClN3O4S/c1-22-15-17-25(18-16-22)20-34(28(30(37)33-31(3,4)5)19-24-11-8-7-9-12-24)29(36)21-35(40(6,38)39)27-14-10-13-26(32)23(27)2/h7-18,28H,19-21H2,1-6H3,(H,33,37). The second kappa shape index (κ2) is 12.9. The molecule has 0 aliphatic carbocycles. The Morgan fingerprint density at radius 2 is 1.52 bits per heavy atom. The van der Waals surface area contributed by atoms with Gasteiger partial charge < -0.3 is 10.2 Å². The quantitative estimate of drug-likeness (QED) is 0.352. The van der Waals surface area contributed by atoms with E-state index < -0.39 is 34.1 Å². The number of hydrogen-bond donors (Lipinski definition) is 1. The van der Waals surface area contributed by atoms with Crippen LogP contribution in [0.5, 0.6) is 0 Å². The molecule has 0 aliphatic rings. The number of carbonyl (C=O) groups excluding carboxylic acids is 2. The second-order valence-corrected chi connectivity index (χ2v) is 13.4. The normalized spacial score (nSPS) is 12.5. The van der Waals surface area contributed by atoms with Crippen LogP contribution in [0.25, 0.3) is 0 Å². The van der Waals surface area contributed by atoms with Gasteiger partial charge in [0.15, 0.2) is 0 Å². The summed E-state index contributed by atoms with van der Waals surface area (Å²) in [5.41, 5.74) is 3.08. The van der Waals surface area contributed by atoms with Crippen molar-refractivity contribution in [3.8, 4) is 0 Å². The van der Waals surface area contributed by atoms with Crippen molar-refractivity contribution in [2.75, 3.05) is 17.1 Å². The van der Waals surface area contributed by atoms with Crippen molar-refractivity contribution in [3.63, 3.8) is 0 Å². The van der Waals surface area contributed by atoms with E-state index in [1.165, 1.54) is 4.90 Å². The van der Waals surface area contributed by atoms with E-state index in [-0.39, 0.29) is 18.9 Å². The zero-order chi connectivity index (χ0) is 29.7. The first kappa shape index (κ1) is 31.2. The number of hydrogen-bond acceptors (Lipinski definition) is 4. The SMILES string of the molecule is Cc1ccc(CN(C(=O)CN(c2cccc(Cl)c2C)S(C)(=O)=O)C(Cc2ccccc2)C(=O)NC(C)(C)C)cc1. The molecule has 0 fully saturated rings. The van der Waals surface area contributed by atoms with Crippen LogP contribution in [-0.4, -0.2) is 49.5 Å². The zero-order valence-electron chi connectivity index (χ0n) is 23.9. The van der Waals surface area contributed by atoms with Gasteiger partial charge in [0.25, 0.3) is 0 Å². The molecule has 0 aromatic heterocycles. The lowest BCUT2D eigenvalue weighted by atomic mass is 10.0. The van der Waals surface area contributed by atoms with Crippen LogP contribution in [0.2, 0.25) is 5.02 Å². The number of nitrogens with one attached hydrogen (secondary N) is 1. The summed E-state index contributed by atoms with van der Waals surface area (Å²) in [4.78, 5) is 29.4. The molecule has 3 aromatic carbocycles. The van der Waals surface area contributed by atoms with E-state index >= 15 is 0 Å². The molecule has 0 bridgehead atoms. The second-order valence-electron chi connectivity index (χ2n) is 11.1. The first-order chi connectivity index (χ1) is 18.7. The highest BCUT2D eigenvalue weighted by Crippen LogP contribution is 2.28. The minimum Gasteiger partial charge on any atom is -0.350 e. The molecule has 0 saturated heterocycles. The van der Waals surface area contributed by atoms with Crippen molar-refractivity contribution in [2.24, 2.45) is 0 Å². The van der Waals surface area contributed by atoms with Crippen LogP contribution >= 0.6 is 11.6 Å². The van der Waals surface area contributed by atoms with Gasteiger partial charge in [-0.2, -0.15) is 0 Å². The van der Waals surface area contributed by atoms with Crippen molar-refractivity contribution in [1.82, 2.24) is 10.2 Å². The summed E-state index contributed by atoms with van der Waals surface area (Å²) < 4.78 is 27.0. The lowest BCUT2D eigenvalue weighted by Crippen LogP contribution is -2.56. The third-order valence-corrected chi connectivity index (χ3v) is 7.97. The van der Waals surface area contributed by atoms with E-state index in [9.17, 15) is 18.0 Å². The third-order valence-electron chi connectivity index (χ3n) is 6.43. The fourth-order valence-corrected chi connectivity index (χ4v) is 5.43. The average molecular weight is 584 g/mol. The Labute approximate surface area is 243 Å². The number of amides is 2. The maximum absolute atomic E-state index is 14.1. The van der Waals surface area contributed by atoms with E-state index in [2.05, 4.69) is 5.32 Å². The summed E-state index contributed by atoms with van der Waals surface area (Å²) in [7, 11) is -3.87. The smallest absolute Gasteiger partial charge is 0.244 e. The predicted octanol–water partition coefficient (Wildman–Crippen LogP) is 5.28. The van der Waals surface area contributed by atoms with Crippen molar-refractivity contribution in [3.05, 3.63) is 100 Å². The van der Waals surface area contributed by atoms with Crippen molar-refractivity contribution in [2.45, 2.75) is 59.2 Å². The summed E-state index contributed by atoms with van der Waals surface area (Å²) in [5, 5.41) is 3.41. The molecule has 40 heavy (non-hydrogen) atoms. The molecule has 0 spiro atoms. The summed E-state index contributed by atoms with van der Waals surface area (Å²) in [6.07, 6.45) is 1.31. The molecule has 214 valence electrons. The summed E-state index contributed by atoms with van der Waals surface area (Å²) in [5.74, 6) is -0.822. The molecule has 0 radical (unpaired) electrons. The number of anilines is 1. The van der Waals surface area contributed by atoms with E-state index in [1.54, 1.807) is 25.1 Å². The number of halogens is 1. The highest BCUT2D eigenvalue weighted by atomic mass is 35.5. The minimum atomic E-state index is -3.87. The first-order valence-corrected chi connectivity index (χ1v) is 15.3. The number of sulfonamides is 1. The van der Waals surface area contributed by atoms with Crippen molar-refractivity contribution in [1.29, 1.82) is 0 Å². The van der Waals surface area contributed by atoms with Gasteiger partial charge in [0.2, 0.25) is 21.8 Å². The van der Waals surface area contributed by atoms with E-state index in [0.29, 0.717) is 16.3 Å². The van der Waals surface area contributed by atoms with Gasteiger partial charge in [-0.1, -0.05) is 77.8 Å². The first-order valence-electron chi connectivity index (χ1n) is 13.1. The Hall–Kier alpha value is -3.36. The van der Waals surface area contributed by atoms with Gasteiger partial charge in [-0.3, -0.25) is 13.9 Å². The topological polar surface area (TPSA) is 86.8 Å². The van der Waals surface area contributed by atoms with E-state index in [1.807, 2.05) is 82.3 Å². The molecule has 1 atom stereocenters. The fraction of sp³-hybridized carbons (Fsp3) is 0.355. The maximum Gasteiger partial charge on any atom is 0.244 e. The molecule has 0 heterocycles. The number of rotatable bonds is 10. The van der Waals surface area contributed by atoms with Crippen LogP contribution in [0.15, 0.2) is 72.8 Å². The zero-order valence-corrected chi connectivity index (χ0v) is 25.5. The summed E-state index contributed by atoms with van der Waals surface area (Å²) in [6.45, 7) is 8.95. The Balaban J connectivity index is 2.09. The number of benzene rings is 3. The van der Waals surface area contributed by atoms with Crippen LogP contribution in [0.3, 0.4) is 0 Å². The minimum absolute atomic E-state index is 0.125. The highest BCUT2D eigenvalue weighted by molar-refractivity contribution is 7.92. The largest absolute Gasteiger partial charge is 0.350 e. The molecule has 1 N–H and O–H groups in total. The molecule has 3 aromatic rings. The van der Waals surface area contributed by atoms with Crippen LogP contribution in [0.1, 0.15) is 43.0 Å². The van der Waals surface area contributed by atoms with E-state index in [0.717, 1.165) is 27.3 Å². The van der Waals surface area contributed by atoms with Gasteiger partial charge in [0, 0.05) is 23.5 Å². The lowest BCUT2D eigenvalue weighted by Gasteiger charge is -2.35. The molecular weight excluding hydrogens is 546 g/mol. The van der Waals surface area contributed by atoms with Crippen LogP contribution < -0.4 is 9.62 Å². The number of carbonyl (C=O) groups is 2. The van der Waals surface area contributed by atoms with Crippen molar-refractivity contribution >= 4 is 39.1 Å². The fourth-order valence-electron chi connectivity index (χ4n) is 4.36. The Morgan fingerprint density at radius 1 is 0.900 bits per heavy atom. The number of aryl methyl sites for hydroxylation is 1. The van der Waals surface area contributed by atoms with Crippen LogP contribution in [0, 0.1) is 13.8 Å². The Morgan fingerprint density at radius 3 is 2.10 bits per heavy atom. The Kier molecular flexibility index (Phi) is 10.0. The van der Waals surface area contributed by atoms with Gasteiger partial charge in [-0.25, -0.2) is 8.42 Å². The van der Waals surface area contributed by atoms with Gasteiger partial charge >= 0.3 is 0 Å². The molecule has 7 nitrogen and oxygen atoms in total. The van der Waals surface area contributed by atoms with Gasteiger partial charge in [0.1, 0.15) is 12.6 Å². The molecule has 9 heteroatoms. The van der Waals surface area contributed by atoms with Gasteiger partial charge in [0.05, 0.1) is 11.9 Å². The molecule has 3 rings (SSSR count).